The minimum absolute atomic E-state index is 0.305. The zero-order valence-corrected chi connectivity index (χ0v) is 18.8. The fourth-order valence-corrected chi connectivity index (χ4v) is 3.75. The largest absolute Gasteiger partial charge is 0.494 e. The lowest BCUT2D eigenvalue weighted by Gasteiger charge is -2.08. The van der Waals surface area contributed by atoms with E-state index in [1.165, 1.54) is 57.8 Å². The maximum absolute atomic E-state index is 10.9. The van der Waals surface area contributed by atoms with Crippen LogP contribution in [0.1, 0.15) is 74.6 Å². The van der Waals surface area contributed by atoms with E-state index < -0.39 is 5.97 Å². The quantitative estimate of drug-likeness (QED) is 0.218. The number of hydrogen-bond donors (Lipinski definition) is 1. The van der Waals surface area contributed by atoms with E-state index >= 15 is 0 Å². The molecule has 2 aromatic rings. The average Bonchev–Trinajstić information content (AvgIpc) is 2.75. The molecular formula is C25H33BrO3. The summed E-state index contributed by atoms with van der Waals surface area (Å²) in [7, 11) is 0. The summed E-state index contributed by atoms with van der Waals surface area (Å²) < 4.78 is 5.85. The molecule has 0 saturated heterocycles. The summed E-state index contributed by atoms with van der Waals surface area (Å²) in [5, 5.41) is 10.1. The van der Waals surface area contributed by atoms with E-state index in [1.807, 2.05) is 36.4 Å². The predicted molar refractivity (Wildman–Crippen MR) is 124 cm³/mol. The van der Waals surface area contributed by atoms with Crippen molar-refractivity contribution < 1.29 is 14.6 Å². The van der Waals surface area contributed by atoms with Gasteiger partial charge in [-0.15, -0.1) is 0 Å². The van der Waals surface area contributed by atoms with Crippen molar-refractivity contribution in [1.82, 2.24) is 0 Å². The molecule has 0 heterocycles. The highest BCUT2D eigenvalue weighted by molar-refractivity contribution is 9.09. The highest BCUT2D eigenvalue weighted by Gasteiger charge is 2.03. The van der Waals surface area contributed by atoms with Crippen molar-refractivity contribution in [2.45, 2.75) is 64.2 Å². The molecule has 158 valence electrons. The average molecular weight is 461 g/mol. The van der Waals surface area contributed by atoms with E-state index in [1.54, 1.807) is 12.1 Å². The molecule has 3 nitrogen and oxygen atoms in total. The monoisotopic (exact) mass is 460 g/mol. The Balaban J connectivity index is 1.55. The molecule has 0 aliphatic rings. The van der Waals surface area contributed by atoms with E-state index in [0.717, 1.165) is 35.2 Å². The minimum atomic E-state index is -0.902. The topological polar surface area (TPSA) is 46.5 Å². The molecule has 0 atom stereocenters. The van der Waals surface area contributed by atoms with E-state index in [4.69, 9.17) is 9.84 Å². The van der Waals surface area contributed by atoms with Crippen molar-refractivity contribution in [2.75, 3.05) is 11.9 Å². The number of hydrogen-bond acceptors (Lipinski definition) is 2. The normalized spacial score (nSPS) is 10.8. The summed E-state index contributed by atoms with van der Waals surface area (Å²) in [6.07, 6.45) is 13.2. The van der Waals surface area contributed by atoms with Crippen LogP contribution in [0, 0.1) is 0 Å². The van der Waals surface area contributed by atoms with Gasteiger partial charge in [0, 0.05) is 5.33 Å². The zero-order valence-electron chi connectivity index (χ0n) is 17.2. The van der Waals surface area contributed by atoms with Gasteiger partial charge >= 0.3 is 5.97 Å². The molecule has 0 spiro atoms. The van der Waals surface area contributed by atoms with Crippen molar-refractivity contribution in [3.63, 3.8) is 0 Å². The summed E-state index contributed by atoms with van der Waals surface area (Å²) in [6, 6.07) is 14.9. The van der Waals surface area contributed by atoms with Gasteiger partial charge in [0.25, 0.3) is 0 Å². The van der Waals surface area contributed by atoms with Crippen molar-refractivity contribution in [3.8, 4) is 16.9 Å². The lowest BCUT2D eigenvalue weighted by molar-refractivity contribution is 0.0697. The van der Waals surface area contributed by atoms with Gasteiger partial charge in [-0.1, -0.05) is 91.6 Å². The number of aromatic carboxylic acids is 1. The first kappa shape index (κ1) is 23.5. The third-order valence-corrected chi connectivity index (χ3v) is 5.68. The summed E-state index contributed by atoms with van der Waals surface area (Å²) in [5.74, 6) is -0.0134. The highest BCUT2D eigenvalue weighted by Crippen LogP contribution is 2.23. The Morgan fingerprint density at radius 1 is 0.690 bits per heavy atom. The van der Waals surface area contributed by atoms with Crippen molar-refractivity contribution in [3.05, 3.63) is 54.1 Å². The number of ether oxygens (including phenoxy) is 1. The fraction of sp³-hybridized carbons (Fsp3) is 0.480. The van der Waals surface area contributed by atoms with Gasteiger partial charge in [0.1, 0.15) is 5.75 Å². The number of rotatable bonds is 15. The molecule has 0 amide bonds. The van der Waals surface area contributed by atoms with Gasteiger partial charge in [-0.25, -0.2) is 4.79 Å². The SMILES string of the molecule is O=C(O)c1ccc(-c2ccc(OCCCCCCCCCCCCBr)cc2)cc1. The van der Waals surface area contributed by atoms with Crippen molar-refractivity contribution >= 4 is 21.9 Å². The van der Waals surface area contributed by atoms with Crippen LogP contribution >= 0.6 is 15.9 Å². The molecule has 0 aliphatic carbocycles. The van der Waals surface area contributed by atoms with Gasteiger partial charge in [-0.05, 0) is 48.2 Å². The first-order valence-electron chi connectivity index (χ1n) is 10.8. The molecule has 0 bridgehead atoms. The van der Waals surface area contributed by atoms with Crippen LogP contribution in [-0.4, -0.2) is 23.0 Å². The molecule has 1 N–H and O–H groups in total. The van der Waals surface area contributed by atoms with Crippen LogP contribution in [0.15, 0.2) is 48.5 Å². The Morgan fingerprint density at radius 2 is 1.14 bits per heavy atom. The number of unbranched alkanes of at least 4 members (excludes halogenated alkanes) is 9. The molecule has 29 heavy (non-hydrogen) atoms. The van der Waals surface area contributed by atoms with Crippen LogP contribution in [0.25, 0.3) is 11.1 Å². The van der Waals surface area contributed by atoms with E-state index in [2.05, 4.69) is 15.9 Å². The van der Waals surface area contributed by atoms with Crippen molar-refractivity contribution in [2.24, 2.45) is 0 Å². The minimum Gasteiger partial charge on any atom is -0.494 e. The van der Waals surface area contributed by atoms with Gasteiger partial charge in [-0.3, -0.25) is 0 Å². The van der Waals surface area contributed by atoms with Gasteiger partial charge in [0.15, 0.2) is 0 Å². The molecule has 2 rings (SSSR count). The van der Waals surface area contributed by atoms with Gasteiger partial charge in [-0.2, -0.15) is 0 Å². The number of halogens is 1. The van der Waals surface area contributed by atoms with Gasteiger partial charge < -0.3 is 9.84 Å². The number of benzene rings is 2. The molecule has 0 fully saturated rings. The van der Waals surface area contributed by atoms with Crippen LogP contribution < -0.4 is 4.74 Å². The second kappa shape index (κ2) is 14.2. The molecule has 0 radical (unpaired) electrons. The molecular weight excluding hydrogens is 428 g/mol. The van der Waals surface area contributed by atoms with Crippen LogP contribution in [-0.2, 0) is 0 Å². The Kier molecular flexibility index (Phi) is 11.5. The number of carbonyl (C=O) groups is 1. The standard InChI is InChI=1S/C25H33BrO3/c26-19-9-7-5-3-1-2-4-6-8-10-20-29-24-17-15-22(16-18-24)21-11-13-23(14-12-21)25(27)28/h11-18H,1-10,19-20H2,(H,27,28). The van der Waals surface area contributed by atoms with Gasteiger partial charge in [0.05, 0.1) is 12.2 Å². The summed E-state index contributed by atoms with van der Waals surface area (Å²) in [5.41, 5.74) is 2.37. The Labute approximate surface area is 183 Å². The first-order valence-corrected chi connectivity index (χ1v) is 12.0. The highest BCUT2D eigenvalue weighted by atomic mass is 79.9. The first-order chi connectivity index (χ1) is 14.2. The third-order valence-electron chi connectivity index (χ3n) is 5.12. The number of carboxylic acids is 1. The molecule has 0 unspecified atom stereocenters. The second-order valence-corrected chi connectivity index (χ2v) is 8.27. The van der Waals surface area contributed by atoms with E-state index in [0.29, 0.717) is 5.56 Å². The molecule has 4 heteroatoms. The number of alkyl halides is 1. The van der Waals surface area contributed by atoms with E-state index in [9.17, 15) is 4.79 Å². The molecule has 0 aliphatic heterocycles. The third kappa shape index (κ3) is 9.49. The lowest BCUT2D eigenvalue weighted by atomic mass is 10.0. The lowest BCUT2D eigenvalue weighted by Crippen LogP contribution is -1.97. The molecule has 0 saturated carbocycles. The van der Waals surface area contributed by atoms with Crippen molar-refractivity contribution in [1.29, 1.82) is 0 Å². The Bertz CT molecular complexity index is 695. The number of carboxylic acid groups (broad SMARTS) is 1. The Hall–Kier alpha value is -1.81. The fourth-order valence-electron chi connectivity index (χ4n) is 3.35. The van der Waals surface area contributed by atoms with Crippen LogP contribution in [0.2, 0.25) is 0 Å². The summed E-state index contributed by atoms with van der Waals surface area (Å²) in [6.45, 7) is 0.763. The van der Waals surface area contributed by atoms with Crippen LogP contribution in [0.3, 0.4) is 0 Å². The Morgan fingerprint density at radius 3 is 1.62 bits per heavy atom. The summed E-state index contributed by atoms with van der Waals surface area (Å²) >= 11 is 3.48. The van der Waals surface area contributed by atoms with Gasteiger partial charge in [0.2, 0.25) is 0 Å². The maximum atomic E-state index is 10.9. The summed E-state index contributed by atoms with van der Waals surface area (Å²) in [4.78, 5) is 10.9. The zero-order chi connectivity index (χ0) is 20.7. The smallest absolute Gasteiger partial charge is 0.335 e. The molecule has 0 aromatic heterocycles. The van der Waals surface area contributed by atoms with Crippen LogP contribution in [0.4, 0.5) is 0 Å². The second-order valence-electron chi connectivity index (χ2n) is 7.48. The predicted octanol–water partition coefficient (Wildman–Crippen LogP) is 7.73. The molecule has 2 aromatic carbocycles. The van der Waals surface area contributed by atoms with E-state index in [-0.39, 0.29) is 0 Å². The van der Waals surface area contributed by atoms with Crippen LogP contribution in [0.5, 0.6) is 5.75 Å². The maximum Gasteiger partial charge on any atom is 0.335 e.